The van der Waals surface area contributed by atoms with Crippen molar-refractivity contribution in [3.05, 3.63) is 52.0 Å². The van der Waals surface area contributed by atoms with E-state index >= 15 is 0 Å². The van der Waals surface area contributed by atoms with Gasteiger partial charge in [0.25, 0.3) is 0 Å². The Morgan fingerprint density at radius 1 is 1.09 bits per heavy atom. The number of H-pyrrole nitrogens is 1. The average Bonchev–Trinajstić information content (AvgIpc) is 2.77. The molecule has 0 fully saturated rings. The maximum absolute atomic E-state index is 13.6. The number of hydrogen-bond acceptors (Lipinski definition) is 3. The molecule has 2 aromatic carbocycles. The van der Waals surface area contributed by atoms with Crippen LogP contribution in [0.4, 0.5) is 20.2 Å². The summed E-state index contributed by atoms with van der Waals surface area (Å²) < 4.78 is 26.9. The van der Waals surface area contributed by atoms with Gasteiger partial charge in [0, 0.05) is 11.5 Å². The number of fused-ring (bicyclic) bond motifs is 1. The SMILES string of the molecule is Oc1[nH]c2c(F)cc(F)cc2c1N=Nc1cccc(Cl)c1Cl. The summed E-state index contributed by atoms with van der Waals surface area (Å²) in [5.41, 5.74) is 0.106. The molecule has 1 heterocycles. The van der Waals surface area contributed by atoms with Crippen LogP contribution in [0.5, 0.6) is 5.88 Å². The van der Waals surface area contributed by atoms with Crippen LogP contribution in [0.2, 0.25) is 10.0 Å². The van der Waals surface area contributed by atoms with Gasteiger partial charge in [0.2, 0.25) is 5.88 Å². The lowest BCUT2D eigenvalue weighted by Crippen LogP contribution is -1.80. The number of benzene rings is 2. The second kappa shape index (κ2) is 5.55. The number of azo groups is 1. The molecule has 0 aliphatic heterocycles. The Kier molecular flexibility index (Phi) is 3.72. The standard InChI is InChI=1S/C14H7Cl2F2N3O/c15-8-2-1-3-10(11(8)16)20-21-13-7-4-6(17)5-9(18)12(7)19-14(13)22/h1-5,19,22H. The monoisotopic (exact) mass is 341 g/mol. The number of aromatic hydroxyl groups is 1. The molecular weight excluding hydrogens is 335 g/mol. The van der Waals surface area contributed by atoms with Gasteiger partial charge in [0.1, 0.15) is 17.3 Å². The molecule has 0 aliphatic rings. The molecule has 3 rings (SSSR count). The molecule has 2 N–H and O–H groups in total. The minimum Gasteiger partial charge on any atom is -0.493 e. The maximum atomic E-state index is 13.6. The van der Waals surface area contributed by atoms with Crippen LogP contribution in [0, 0.1) is 11.6 Å². The summed E-state index contributed by atoms with van der Waals surface area (Å²) in [5.74, 6) is -2.06. The second-order valence-corrected chi connectivity index (χ2v) is 5.19. The van der Waals surface area contributed by atoms with Gasteiger partial charge in [-0.15, -0.1) is 10.2 Å². The Hall–Kier alpha value is -2.18. The van der Waals surface area contributed by atoms with Crippen molar-refractivity contribution >= 4 is 45.5 Å². The Balaban J connectivity index is 2.13. The van der Waals surface area contributed by atoms with Crippen molar-refractivity contribution in [3.8, 4) is 5.88 Å². The third-order valence-electron chi connectivity index (χ3n) is 2.97. The Morgan fingerprint density at radius 2 is 1.86 bits per heavy atom. The Bertz CT molecular complexity index is 909. The largest absolute Gasteiger partial charge is 0.493 e. The lowest BCUT2D eigenvalue weighted by Gasteiger charge is -1.98. The topological polar surface area (TPSA) is 60.7 Å². The van der Waals surface area contributed by atoms with Crippen molar-refractivity contribution in [1.82, 2.24) is 4.98 Å². The molecule has 0 radical (unpaired) electrons. The number of aromatic nitrogens is 1. The molecule has 0 atom stereocenters. The number of aromatic amines is 1. The minimum absolute atomic E-state index is 0.0648. The van der Waals surface area contributed by atoms with E-state index in [4.69, 9.17) is 23.2 Å². The highest BCUT2D eigenvalue weighted by Crippen LogP contribution is 2.39. The normalized spacial score (nSPS) is 11.6. The van der Waals surface area contributed by atoms with E-state index < -0.39 is 17.5 Å². The molecule has 0 amide bonds. The summed E-state index contributed by atoms with van der Waals surface area (Å²) in [6.45, 7) is 0. The molecule has 0 bridgehead atoms. The summed E-state index contributed by atoms with van der Waals surface area (Å²) in [7, 11) is 0. The summed E-state index contributed by atoms with van der Waals surface area (Å²) in [6.07, 6.45) is 0. The van der Waals surface area contributed by atoms with Crippen LogP contribution in [0.25, 0.3) is 10.9 Å². The van der Waals surface area contributed by atoms with Crippen LogP contribution in [0.1, 0.15) is 0 Å². The highest BCUT2D eigenvalue weighted by atomic mass is 35.5. The van der Waals surface area contributed by atoms with Crippen LogP contribution in [-0.2, 0) is 0 Å². The fourth-order valence-corrected chi connectivity index (χ4v) is 2.30. The summed E-state index contributed by atoms with van der Waals surface area (Å²) in [4.78, 5) is 2.39. The van der Waals surface area contributed by atoms with E-state index in [0.29, 0.717) is 11.1 Å². The zero-order valence-electron chi connectivity index (χ0n) is 10.7. The first kappa shape index (κ1) is 14.7. The number of nitrogens with one attached hydrogen (secondary N) is 1. The molecular formula is C14H7Cl2F2N3O. The number of hydrogen-bond donors (Lipinski definition) is 2. The van der Waals surface area contributed by atoms with E-state index in [-0.39, 0.29) is 27.3 Å². The van der Waals surface area contributed by atoms with Crippen molar-refractivity contribution in [3.63, 3.8) is 0 Å². The zero-order valence-corrected chi connectivity index (χ0v) is 12.3. The van der Waals surface area contributed by atoms with E-state index in [2.05, 4.69) is 15.2 Å². The molecule has 0 unspecified atom stereocenters. The van der Waals surface area contributed by atoms with E-state index in [0.717, 1.165) is 6.07 Å². The van der Waals surface area contributed by atoms with E-state index in [1.165, 1.54) is 0 Å². The fourth-order valence-electron chi connectivity index (χ4n) is 1.97. The van der Waals surface area contributed by atoms with Crippen LogP contribution in [0.3, 0.4) is 0 Å². The third-order valence-corrected chi connectivity index (χ3v) is 3.78. The summed E-state index contributed by atoms with van der Waals surface area (Å²) in [5, 5.41) is 18.0. The first-order chi connectivity index (χ1) is 10.5. The van der Waals surface area contributed by atoms with Crippen LogP contribution in [-0.4, -0.2) is 10.1 Å². The maximum Gasteiger partial charge on any atom is 0.218 e. The molecule has 0 spiro atoms. The second-order valence-electron chi connectivity index (χ2n) is 4.41. The Labute approximate surface area is 133 Å². The van der Waals surface area contributed by atoms with Gasteiger partial charge >= 0.3 is 0 Å². The van der Waals surface area contributed by atoms with Crippen LogP contribution < -0.4 is 0 Å². The smallest absolute Gasteiger partial charge is 0.218 e. The van der Waals surface area contributed by atoms with Crippen LogP contribution >= 0.6 is 23.2 Å². The lowest BCUT2D eigenvalue weighted by atomic mass is 10.2. The molecule has 8 heteroatoms. The van der Waals surface area contributed by atoms with Gasteiger partial charge in [0.15, 0.2) is 5.69 Å². The van der Waals surface area contributed by atoms with E-state index in [9.17, 15) is 13.9 Å². The lowest BCUT2D eigenvalue weighted by molar-refractivity contribution is 0.459. The van der Waals surface area contributed by atoms with Crippen molar-refractivity contribution < 1.29 is 13.9 Å². The molecule has 0 saturated heterocycles. The molecule has 22 heavy (non-hydrogen) atoms. The van der Waals surface area contributed by atoms with Crippen molar-refractivity contribution in [2.24, 2.45) is 10.2 Å². The van der Waals surface area contributed by atoms with Crippen molar-refractivity contribution in [1.29, 1.82) is 0 Å². The molecule has 112 valence electrons. The zero-order chi connectivity index (χ0) is 15.9. The Morgan fingerprint density at radius 3 is 2.64 bits per heavy atom. The molecule has 1 aromatic heterocycles. The highest BCUT2D eigenvalue weighted by Gasteiger charge is 2.15. The van der Waals surface area contributed by atoms with Crippen molar-refractivity contribution in [2.45, 2.75) is 0 Å². The molecule has 0 saturated carbocycles. The number of halogens is 4. The minimum atomic E-state index is -0.840. The first-order valence-corrected chi connectivity index (χ1v) is 6.78. The highest BCUT2D eigenvalue weighted by molar-refractivity contribution is 6.43. The molecule has 4 nitrogen and oxygen atoms in total. The molecule has 0 aliphatic carbocycles. The van der Waals surface area contributed by atoms with Gasteiger partial charge < -0.3 is 10.1 Å². The summed E-state index contributed by atoms with van der Waals surface area (Å²) in [6, 6.07) is 6.51. The van der Waals surface area contributed by atoms with Crippen molar-refractivity contribution in [2.75, 3.05) is 0 Å². The summed E-state index contributed by atoms with van der Waals surface area (Å²) >= 11 is 11.8. The van der Waals surface area contributed by atoms with Gasteiger partial charge in [-0.3, -0.25) is 0 Å². The predicted molar refractivity (Wildman–Crippen MR) is 80.5 cm³/mol. The van der Waals surface area contributed by atoms with Crippen LogP contribution in [0.15, 0.2) is 40.6 Å². The molecule has 3 aromatic rings. The van der Waals surface area contributed by atoms with Gasteiger partial charge in [-0.1, -0.05) is 29.3 Å². The van der Waals surface area contributed by atoms with Gasteiger partial charge in [-0.2, -0.15) is 0 Å². The first-order valence-electron chi connectivity index (χ1n) is 6.03. The third kappa shape index (κ3) is 2.51. The van der Waals surface area contributed by atoms with Gasteiger partial charge in [-0.05, 0) is 18.2 Å². The van der Waals surface area contributed by atoms with E-state index in [1.54, 1.807) is 18.2 Å². The number of rotatable bonds is 2. The fraction of sp³-hybridized carbons (Fsp3) is 0. The average molecular weight is 342 g/mol. The van der Waals surface area contributed by atoms with Gasteiger partial charge in [-0.25, -0.2) is 8.78 Å². The van der Waals surface area contributed by atoms with Gasteiger partial charge in [0.05, 0.1) is 15.6 Å². The predicted octanol–water partition coefficient (Wildman–Crippen LogP) is 5.87. The van der Waals surface area contributed by atoms with E-state index in [1.807, 2.05) is 0 Å². The quantitative estimate of drug-likeness (QED) is 0.562. The number of nitrogens with zero attached hydrogens (tertiary/aromatic N) is 2.